The molecule has 6 heteroatoms. The second kappa shape index (κ2) is 10.4. The zero-order chi connectivity index (χ0) is 18.4. The third-order valence-electron chi connectivity index (χ3n) is 4.80. The minimum Gasteiger partial charge on any atom is -0.494 e. The van der Waals surface area contributed by atoms with Crippen LogP contribution in [0.25, 0.3) is 0 Å². The summed E-state index contributed by atoms with van der Waals surface area (Å²) in [6.45, 7) is 7.14. The fourth-order valence-corrected chi connectivity index (χ4v) is 3.43. The van der Waals surface area contributed by atoms with Crippen LogP contribution in [0.5, 0.6) is 5.75 Å². The molecule has 1 saturated heterocycles. The highest BCUT2D eigenvalue weighted by molar-refractivity contribution is 5.94. The number of carbonyl (C=O) groups excluding carboxylic acids is 1. The topological polar surface area (TPSA) is 54.7 Å². The van der Waals surface area contributed by atoms with Crippen LogP contribution in [-0.2, 0) is 0 Å². The van der Waals surface area contributed by atoms with Gasteiger partial charge in [0.25, 0.3) is 5.91 Å². The average Bonchev–Trinajstić information content (AvgIpc) is 3.09. The van der Waals surface area contributed by atoms with Crippen molar-refractivity contribution in [2.45, 2.75) is 39.2 Å². The molecule has 27 heavy (non-hydrogen) atoms. The van der Waals surface area contributed by atoms with Gasteiger partial charge >= 0.3 is 0 Å². The van der Waals surface area contributed by atoms with E-state index >= 15 is 0 Å². The Morgan fingerprint density at radius 2 is 1.85 bits per heavy atom. The van der Waals surface area contributed by atoms with Crippen molar-refractivity contribution in [3.63, 3.8) is 0 Å². The molecule has 0 spiro atoms. The van der Waals surface area contributed by atoms with Crippen LogP contribution >= 0.6 is 12.4 Å². The second-order valence-electron chi connectivity index (χ2n) is 6.73. The predicted octanol–water partition coefficient (Wildman–Crippen LogP) is 4.37. The van der Waals surface area contributed by atoms with Gasteiger partial charge < -0.3 is 14.5 Å². The van der Waals surface area contributed by atoms with Gasteiger partial charge in [-0.25, -0.2) is 0 Å². The van der Waals surface area contributed by atoms with Gasteiger partial charge in [0, 0.05) is 12.1 Å². The van der Waals surface area contributed by atoms with Crippen LogP contribution in [0.3, 0.4) is 0 Å². The second-order valence-corrected chi connectivity index (χ2v) is 6.73. The zero-order valence-electron chi connectivity index (χ0n) is 16.1. The van der Waals surface area contributed by atoms with E-state index in [4.69, 9.17) is 9.15 Å². The predicted molar refractivity (Wildman–Crippen MR) is 109 cm³/mol. The number of nitrogens with one attached hydrogen (secondary N) is 1. The molecule has 5 nitrogen and oxygen atoms in total. The fraction of sp³-hybridized carbons (Fsp3) is 0.476. The fourth-order valence-electron chi connectivity index (χ4n) is 3.43. The van der Waals surface area contributed by atoms with Crippen LogP contribution in [0.1, 0.15) is 54.1 Å². The lowest BCUT2D eigenvalue weighted by Crippen LogP contribution is -2.40. The maximum absolute atomic E-state index is 12.5. The lowest BCUT2D eigenvalue weighted by molar-refractivity contribution is 0.0913. The largest absolute Gasteiger partial charge is 0.494 e. The molecule has 1 atom stereocenters. The molecule has 1 aromatic heterocycles. The molecule has 0 saturated carbocycles. The van der Waals surface area contributed by atoms with Crippen LogP contribution < -0.4 is 10.1 Å². The number of hydrogen-bond acceptors (Lipinski definition) is 4. The molecular weight excluding hydrogens is 364 g/mol. The van der Waals surface area contributed by atoms with Crippen molar-refractivity contribution in [2.75, 3.05) is 26.2 Å². The monoisotopic (exact) mass is 392 g/mol. The maximum atomic E-state index is 12.5. The van der Waals surface area contributed by atoms with Gasteiger partial charge in [0.1, 0.15) is 17.3 Å². The summed E-state index contributed by atoms with van der Waals surface area (Å²) in [4.78, 5) is 15.0. The molecule has 1 aromatic carbocycles. The van der Waals surface area contributed by atoms with Crippen LogP contribution in [0.4, 0.5) is 0 Å². The van der Waals surface area contributed by atoms with Gasteiger partial charge in [-0.2, -0.15) is 0 Å². The van der Waals surface area contributed by atoms with E-state index in [0.29, 0.717) is 18.7 Å². The smallest absolute Gasteiger partial charge is 0.251 e. The molecule has 2 aromatic rings. The van der Waals surface area contributed by atoms with Gasteiger partial charge in [0.2, 0.25) is 0 Å². The molecule has 3 rings (SSSR count). The number of carbonyl (C=O) groups is 1. The van der Waals surface area contributed by atoms with E-state index in [1.165, 1.54) is 19.3 Å². The number of likely N-dealkylation sites (tertiary alicyclic amines) is 1. The van der Waals surface area contributed by atoms with Gasteiger partial charge in [0.15, 0.2) is 0 Å². The van der Waals surface area contributed by atoms with Gasteiger partial charge in [-0.1, -0.05) is 6.42 Å². The highest BCUT2D eigenvalue weighted by atomic mass is 35.5. The van der Waals surface area contributed by atoms with E-state index in [1.54, 1.807) is 12.1 Å². The van der Waals surface area contributed by atoms with Crippen molar-refractivity contribution in [3.8, 4) is 5.75 Å². The van der Waals surface area contributed by atoms with Crippen molar-refractivity contribution in [2.24, 2.45) is 0 Å². The zero-order valence-corrected chi connectivity index (χ0v) is 16.9. The number of halogens is 1. The van der Waals surface area contributed by atoms with Gasteiger partial charge in [0.05, 0.1) is 12.6 Å². The van der Waals surface area contributed by atoms with Crippen molar-refractivity contribution >= 4 is 18.3 Å². The molecule has 1 aliphatic heterocycles. The number of benzene rings is 1. The molecule has 1 unspecified atom stereocenters. The summed E-state index contributed by atoms with van der Waals surface area (Å²) >= 11 is 0. The molecule has 148 valence electrons. The Kier molecular flexibility index (Phi) is 8.20. The molecule has 2 heterocycles. The Bertz CT molecular complexity index is 708. The third kappa shape index (κ3) is 5.75. The maximum Gasteiger partial charge on any atom is 0.251 e. The first-order chi connectivity index (χ1) is 12.7. The van der Waals surface area contributed by atoms with E-state index in [1.807, 2.05) is 38.1 Å². The first-order valence-corrected chi connectivity index (χ1v) is 9.49. The minimum absolute atomic E-state index is 0. The quantitative estimate of drug-likeness (QED) is 0.760. The van der Waals surface area contributed by atoms with Gasteiger partial charge in [-0.3, -0.25) is 9.69 Å². The Morgan fingerprint density at radius 3 is 2.44 bits per heavy atom. The number of ether oxygens (including phenoxy) is 1. The Hall–Kier alpha value is -1.98. The Balaban J connectivity index is 0.00000261. The number of furan rings is 1. The normalized spacial score (nSPS) is 15.6. The molecule has 0 bridgehead atoms. The number of nitrogens with zero attached hydrogens (tertiary/aromatic N) is 1. The summed E-state index contributed by atoms with van der Waals surface area (Å²) in [7, 11) is 0. The van der Waals surface area contributed by atoms with Gasteiger partial charge in [-0.05, 0) is 76.2 Å². The van der Waals surface area contributed by atoms with E-state index in [2.05, 4.69) is 10.2 Å². The van der Waals surface area contributed by atoms with Crippen LogP contribution in [0.2, 0.25) is 0 Å². The molecule has 1 N–H and O–H groups in total. The standard InChI is InChI=1S/C21H28N2O3.ClH/c1-3-25-18-10-8-17(9-11-18)21(24)22-15-19(20-12-7-16(2)26-20)23-13-5-4-6-14-23;/h7-12,19H,3-6,13-15H2,1-2H3,(H,22,24);1H. The van der Waals surface area contributed by atoms with Crippen molar-refractivity contribution in [3.05, 3.63) is 53.5 Å². The molecule has 0 aliphatic carbocycles. The third-order valence-corrected chi connectivity index (χ3v) is 4.80. The summed E-state index contributed by atoms with van der Waals surface area (Å²) < 4.78 is 11.3. The highest BCUT2D eigenvalue weighted by Gasteiger charge is 2.25. The van der Waals surface area contributed by atoms with E-state index < -0.39 is 0 Å². The molecular formula is C21H29ClN2O3. The Labute approximate surface area is 167 Å². The average molecular weight is 393 g/mol. The lowest BCUT2D eigenvalue weighted by atomic mass is 10.1. The van der Waals surface area contributed by atoms with Crippen LogP contribution in [0, 0.1) is 6.92 Å². The molecule has 1 fully saturated rings. The Morgan fingerprint density at radius 1 is 1.15 bits per heavy atom. The highest BCUT2D eigenvalue weighted by Crippen LogP contribution is 2.26. The number of piperidine rings is 1. The number of hydrogen-bond donors (Lipinski definition) is 1. The van der Waals surface area contributed by atoms with Crippen molar-refractivity contribution < 1.29 is 13.9 Å². The van der Waals surface area contributed by atoms with E-state index in [9.17, 15) is 4.79 Å². The van der Waals surface area contributed by atoms with Crippen LogP contribution in [0.15, 0.2) is 40.8 Å². The number of rotatable bonds is 7. The summed E-state index contributed by atoms with van der Waals surface area (Å²) in [5.41, 5.74) is 0.640. The summed E-state index contributed by atoms with van der Waals surface area (Å²) in [5.74, 6) is 2.54. The SMILES string of the molecule is CCOc1ccc(C(=O)NCC(c2ccc(C)o2)N2CCCCC2)cc1.Cl. The first kappa shape index (κ1) is 21.3. The van der Waals surface area contributed by atoms with Gasteiger partial charge in [-0.15, -0.1) is 12.4 Å². The van der Waals surface area contributed by atoms with Crippen LogP contribution in [-0.4, -0.2) is 37.0 Å². The molecule has 0 radical (unpaired) electrons. The lowest BCUT2D eigenvalue weighted by Gasteiger charge is -2.33. The summed E-state index contributed by atoms with van der Waals surface area (Å²) in [6.07, 6.45) is 3.67. The minimum atomic E-state index is -0.0710. The number of aryl methyl sites for hydroxylation is 1. The van der Waals surface area contributed by atoms with Crippen molar-refractivity contribution in [1.82, 2.24) is 10.2 Å². The van der Waals surface area contributed by atoms with E-state index in [-0.39, 0.29) is 24.4 Å². The summed E-state index contributed by atoms with van der Waals surface area (Å²) in [6, 6.07) is 11.3. The number of amides is 1. The molecule has 1 aliphatic rings. The van der Waals surface area contributed by atoms with E-state index in [0.717, 1.165) is 30.4 Å². The first-order valence-electron chi connectivity index (χ1n) is 9.49. The summed E-state index contributed by atoms with van der Waals surface area (Å²) in [5, 5.41) is 3.07. The molecule has 1 amide bonds. The van der Waals surface area contributed by atoms with Crippen molar-refractivity contribution in [1.29, 1.82) is 0 Å².